The van der Waals surface area contributed by atoms with Gasteiger partial charge in [-0.2, -0.15) is 0 Å². The lowest BCUT2D eigenvalue weighted by Crippen LogP contribution is -2.48. The fourth-order valence-corrected chi connectivity index (χ4v) is 12.1. The monoisotopic (exact) mass is 763 g/mol. The Balaban J connectivity index is 1.50. The highest BCUT2D eigenvalue weighted by Crippen LogP contribution is 2.59. The Bertz CT molecular complexity index is 1460. The smallest absolute Gasteiger partial charge is 0.250 e. The third-order valence-electron chi connectivity index (χ3n) is 14.7. The average Bonchev–Trinajstić information content (AvgIpc) is 3.34. The summed E-state index contributed by atoms with van der Waals surface area (Å²) in [7, 11) is -5.65. The molecule has 3 nitrogen and oxygen atoms in total. The van der Waals surface area contributed by atoms with Gasteiger partial charge in [-0.15, -0.1) is 0 Å². The number of allylic oxidation sites excluding steroid dienone is 3. The molecule has 0 bridgehead atoms. The third-order valence-corrected chi connectivity index (χ3v) is 28.1. The van der Waals surface area contributed by atoms with Crippen LogP contribution in [-0.2, 0) is 8.85 Å². The van der Waals surface area contributed by atoms with Crippen LogP contribution >= 0.6 is 0 Å². The van der Waals surface area contributed by atoms with E-state index in [9.17, 15) is 0 Å². The van der Waals surface area contributed by atoms with E-state index in [-0.39, 0.29) is 27.3 Å². The van der Waals surface area contributed by atoms with E-state index in [4.69, 9.17) is 13.3 Å². The maximum Gasteiger partial charge on any atom is 0.250 e. The van der Waals surface area contributed by atoms with Gasteiger partial charge in [0, 0.05) is 11.5 Å². The third kappa shape index (κ3) is 10.1. The highest BCUT2D eigenvalue weighted by Gasteiger charge is 2.51. The van der Waals surface area contributed by atoms with E-state index in [1.165, 1.54) is 37.7 Å². The van der Waals surface area contributed by atoms with Crippen LogP contribution in [0.15, 0.2) is 47.6 Å². The molecule has 0 spiro atoms. The molecule has 4 rings (SSSR count). The summed E-state index contributed by atoms with van der Waals surface area (Å²) in [6, 6.07) is 8.52. The van der Waals surface area contributed by atoms with Gasteiger partial charge in [0.15, 0.2) is 16.6 Å². The first kappa shape index (κ1) is 43.4. The largest absolute Gasteiger partial charge is 0.544 e. The van der Waals surface area contributed by atoms with Gasteiger partial charge in [-0.05, 0) is 147 Å². The predicted octanol–water partition coefficient (Wildman–Crippen LogP) is 14.1. The van der Waals surface area contributed by atoms with Crippen LogP contribution in [0.4, 0.5) is 0 Å². The summed E-state index contributed by atoms with van der Waals surface area (Å²) in [6.07, 6.45) is 15.0. The maximum atomic E-state index is 7.11. The van der Waals surface area contributed by atoms with Crippen LogP contribution < -0.4 is 4.43 Å². The van der Waals surface area contributed by atoms with E-state index >= 15 is 0 Å². The molecule has 1 aromatic carbocycles. The zero-order valence-corrected chi connectivity index (χ0v) is 39.7. The van der Waals surface area contributed by atoms with E-state index in [0.29, 0.717) is 23.2 Å². The lowest BCUT2D eigenvalue weighted by atomic mass is 9.61. The summed E-state index contributed by atoms with van der Waals surface area (Å²) in [5.74, 6) is 9.90. The van der Waals surface area contributed by atoms with Crippen molar-refractivity contribution in [3.8, 4) is 17.6 Å². The molecule has 0 unspecified atom stereocenters. The number of fused-ring (bicyclic) bond motifs is 1. The minimum absolute atomic E-state index is 0.183. The first-order valence-electron chi connectivity index (χ1n) is 20.7. The second-order valence-electron chi connectivity index (χ2n) is 21.8. The minimum Gasteiger partial charge on any atom is -0.544 e. The number of hydrogen-bond acceptors (Lipinski definition) is 3. The van der Waals surface area contributed by atoms with E-state index in [2.05, 4.69) is 164 Å². The number of rotatable bonds is 8. The molecular formula is C46H78O3Si3. The summed E-state index contributed by atoms with van der Waals surface area (Å²) in [5, 5.41) is 0.579. The summed E-state index contributed by atoms with van der Waals surface area (Å²) < 4.78 is 20.7. The molecule has 1 aromatic rings. The van der Waals surface area contributed by atoms with Crippen LogP contribution in [0.2, 0.25) is 54.4 Å². The highest BCUT2D eigenvalue weighted by atomic mass is 28.4. The normalized spacial score (nSPS) is 27.9. The molecule has 0 aromatic heterocycles. The van der Waals surface area contributed by atoms with Crippen molar-refractivity contribution in [3.05, 3.63) is 53.1 Å². The van der Waals surface area contributed by atoms with Crippen molar-refractivity contribution in [2.24, 2.45) is 23.2 Å². The molecular weight excluding hydrogens is 685 g/mol. The second-order valence-corrected chi connectivity index (χ2v) is 36.0. The first-order valence-corrected chi connectivity index (χ1v) is 29.4. The van der Waals surface area contributed by atoms with Crippen molar-refractivity contribution in [2.45, 2.75) is 194 Å². The lowest BCUT2D eigenvalue weighted by molar-refractivity contribution is 0.0725. The van der Waals surface area contributed by atoms with Crippen molar-refractivity contribution in [1.82, 2.24) is 0 Å². The Hall–Kier alpha value is -1.37. The molecule has 0 saturated heterocycles. The molecule has 3 aliphatic rings. The molecule has 0 N–H and O–H groups in total. The van der Waals surface area contributed by atoms with Crippen molar-refractivity contribution in [2.75, 3.05) is 0 Å². The van der Waals surface area contributed by atoms with E-state index < -0.39 is 25.0 Å². The Morgan fingerprint density at radius 3 is 1.77 bits per heavy atom. The quantitative estimate of drug-likeness (QED) is 0.195. The fraction of sp³-hybridized carbons (Fsp3) is 0.739. The standard InChI is InChI=1S/C46H78O3Si3/c1-34(20-21-35-23-26-38(27-24-35)47-50(12,13)43(2,3)4)41-28-29-42-37(19-18-30-46(41,42)11)25-22-36-31-39(48-51(14,15)44(5,6)7)33-40(32-36)49-52(16,17)45(8,9)10/h22-27,34,39-42H,18-19,28-33H2,1-17H3/b37-25+/t34-,39-,40-,41-,42+,46-/m1/s1. The summed E-state index contributed by atoms with van der Waals surface area (Å²) in [4.78, 5) is 0. The van der Waals surface area contributed by atoms with Crippen molar-refractivity contribution in [1.29, 1.82) is 0 Å². The fourth-order valence-electron chi connectivity index (χ4n) is 8.31. The van der Waals surface area contributed by atoms with Crippen molar-refractivity contribution in [3.63, 3.8) is 0 Å². The average molecular weight is 763 g/mol. The van der Waals surface area contributed by atoms with Crippen molar-refractivity contribution < 1.29 is 13.3 Å². The zero-order chi connectivity index (χ0) is 39.1. The Morgan fingerprint density at radius 1 is 0.750 bits per heavy atom. The molecule has 0 heterocycles. The topological polar surface area (TPSA) is 27.7 Å². The molecule has 0 aliphatic heterocycles. The van der Waals surface area contributed by atoms with E-state index in [0.717, 1.165) is 30.6 Å². The SMILES string of the molecule is C[C@H](C#Cc1ccc(O[Si](C)(C)C(C)(C)C)cc1)[C@H]1CC[C@H]2/C(=C/C=C3C[C@@H](O[Si](C)(C)C(C)(C)C)C[C@H](O[Si](C)(C)C(C)(C)C)C3)CCC[C@]12C. The molecule has 6 atom stereocenters. The van der Waals surface area contributed by atoms with E-state index in [1.54, 1.807) is 5.57 Å². The Kier molecular flexibility index (Phi) is 13.0. The van der Waals surface area contributed by atoms with Gasteiger partial charge in [-0.25, -0.2) is 0 Å². The van der Waals surface area contributed by atoms with Gasteiger partial charge < -0.3 is 13.3 Å². The van der Waals surface area contributed by atoms with Crippen LogP contribution in [0.5, 0.6) is 5.75 Å². The van der Waals surface area contributed by atoms with Gasteiger partial charge in [0.25, 0.3) is 0 Å². The number of hydrogen-bond donors (Lipinski definition) is 0. The van der Waals surface area contributed by atoms with Gasteiger partial charge in [0.1, 0.15) is 5.75 Å². The van der Waals surface area contributed by atoms with Gasteiger partial charge >= 0.3 is 0 Å². The maximum absolute atomic E-state index is 7.11. The molecule has 0 radical (unpaired) electrons. The predicted molar refractivity (Wildman–Crippen MR) is 233 cm³/mol. The molecule has 3 aliphatic carbocycles. The van der Waals surface area contributed by atoms with Crippen molar-refractivity contribution >= 4 is 25.0 Å². The van der Waals surface area contributed by atoms with Gasteiger partial charge in [-0.1, -0.05) is 111 Å². The summed E-state index contributed by atoms with van der Waals surface area (Å²) >= 11 is 0. The molecule has 3 saturated carbocycles. The molecule has 3 fully saturated rings. The van der Waals surface area contributed by atoms with Crippen LogP contribution in [0.1, 0.15) is 133 Å². The summed E-state index contributed by atoms with van der Waals surface area (Å²) in [5.41, 5.74) is 4.60. The second kappa shape index (κ2) is 15.6. The minimum atomic E-state index is -1.90. The molecule has 292 valence electrons. The highest BCUT2D eigenvalue weighted by molar-refractivity contribution is 6.75. The number of benzene rings is 1. The van der Waals surface area contributed by atoms with Gasteiger partial charge in [0.05, 0.1) is 12.2 Å². The Labute approximate surface area is 324 Å². The lowest BCUT2D eigenvalue weighted by Gasteiger charge is -2.45. The van der Waals surface area contributed by atoms with Crippen LogP contribution in [0.25, 0.3) is 0 Å². The van der Waals surface area contributed by atoms with Crippen LogP contribution in [0, 0.1) is 35.0 Å². The first-order chi connectivity index (χ1) is 23.7. The van der Waals surface area contributed by atoms with E-state index in [1.807, 2.05) is 0 Å². The Morgan fingerprint density at radius 2 is 1.27 bits per heavy atom. The van der Waals surface area contributed by atoms with Crippen LogP contribution in [0.3, 0.4) is 0 Å². The molecule has 52 heavy (non-hydrogen) atoms. The molecule has 6 heteroatoms. The van der Waals surface area contributed by atoms with Gasteiger partial charge in [-0.3, -0.25) is 0 Å². The van der Waals surface area contributed by atoms with Gasteiger partial charge in [0.2, 0.25) is 8.32 Å². The molecule has 0 amide bonds. The summed E-state index contributed by atoms with van der Waals surface area (Å²) in [6.45, 7) is 40.2. The zero-order valence-electron chi connectivity index (χ0n) is 36.7. The van der Waals surface area contributed by atoms with Crippen LogP contribution in [-0.4, -0.2) is 37.2 Å².